The molecule has 0 unspecified atom stereocenters. The smallest absolute Gasteiger partial charge is 0.236 e. The fourth-order valence-electron chi connectivity index (χ4n) is 3.72. The van der Waals surface area contributed by atoms with Crippen molar-refractivity contribution >= 4 is 11.6 Å². The van der Waals surface area contributed by atoms with Crippen LogP contribution in [-0.2, 0) is 4.79 Å². The molecule has 2 fully saturated rings. The van der Waals surface area contributed by atoms with Crippen molar-refractivity contribution in [2.75, 3.05) is 44.2 Å². The number of halogens is 1. The largest absolute Gasteiger partial charge is 0.394 e. The van der Waals surface area contributed by atoms with Gasteiger partial charge in [-0.2, -0.15) is 0 Å². The average Bonchev–Trinajstić information content (AvgIpc) is 3.10. The lowest BCUT2D eigenvalue weighted by atomic mass is 9.99. The number of carbonyl (C=O) groups is 1. The van der Waals surface area contributed by atoms with Gasteiger partial charge in [-0.05, 0) is 25.0 Å². The number of amides is 1. The van der Waals surface area contributed by atoms with Gasteiger partial charge in [0.05, 0.1) is 18.8 Å². The zero-order valence-electron chi connectivity index (χ0n) is 14.0. The molecule has 1 aromatic rings. The van der Waals surface area contributed by atoms with Crippen LogP contribution in [0.25, 0.3) is 0 Å². The number of hydrogen-bond acceptors (Lipinski definition) is 4. The molecule has 0 bridgehead atoms. The van der Waals surface area contributed by atoms with Gasteiger partial charge in [-0.3, -0.25) is 4.79 Å². The van der Waals surface area contributed by atoms with E-state index in [9.17, 15) is 14.3 Å². The van der Waals surface area contributed by atoms with Crippen LogP contribution in [-0.4, -0.2) is 60.8 Å². The number of rotatable bonds is 5. The number of nitrogens with zero attached hydrogens (tertiary/aromatic N) is 2. The van der Waals surface area contributed by atoms with Gasteiger partial charge in [0, 0.05) is 31.7 Å². The van der Waals surface area contributed by atoms with E-state index in [-0.39, 0.29) is 30.4 Å². The summed E-state index contributed by atoms with van der Waals surface area (Å²) in [6.07, 6.45) is 4.06. The van der Waals surface area contributed by atoms with Crippen LogP contribution in [0.1, 0.15) is 25.7 Å². The lowest BCUT2D eigenvalue weighted by molar-refractivity contribution is -0.131. The Hall–Kier alpha value is -1.66. The molecule has 1 aromatic carbocycles. The molecule has 24 heavy (non-hydrogen) atoms. The van der Waals surface area contributed by atoms with Gasteiger partial charge in [-0.15, -0.1) is 0 Å². The highest BCUT2D eigenvalue weighted by Gasteiger charge is 2.33. The summed E-state index contributed by atoms with van der Waals surface area (Å²) in [5.41, 5.74) is 0.331. The van der Waals surface area contributed by atoms with Gasteiger partial charge < -0.3 is 20.2 Å². The fraction of sp³-hybridized carbons (Fsp3) is 0.611. The van der Waals surface area contributed by atoms with Crippen LogP contribution in [0.3, 0.4) is 0 Å². The Morgan fingerprint density at radius 1 is 1.17 bits per heavy atom. The third-order valence-electron chi connectivity index (χ3n) is 5.30. The van der Waals surface area contributed by atoms with E-state index in [2.05, 4.69) is 5.32 Å². The molecular weight excluding hydrogens is 309 g/mol. The van der Waals surface area contributed by atoms with E-state index in [1.165, 1.54) is 6.07 Å². The minimum absolute atomic E-state index is 0.0582. The molecule has 1 aliphatic carbocycles. The molecule has 6 heteroatoms. The highest BCUT2D eigenvalue weighted by atomic mass is 19.1. The molecule has 1 aliphatic heterocycles. The van der Waals surface area contributed by atoms with E-state index < -0.39 is 0 Å². The molecule has 1 saturated carbocycles. The third-order valence-corrected chi connectivity index (χ3v) is 5.30. The zero-order chi connectivity index (χ0) is 17.0. The topological polar surface area (TPSA) is 55.8 Å². The maximum Gasteiger partial charge on any atom is 0.236 e. The summed E-state index contributed by atoms with van der Waals surface area (Å²) < 4.78 is 13.8. The molecule has 1 saturated heterocycles. The first-order valence-electron chi connectivity index (χ1n) is 8.77. The number of carbonyl (C=O) groups excluding carboxylic acids is 1. The van der Waals surface area contributed by atoms with Crippen molar-refractivity contribution in [2.45, 2.75) is 31.2 Å². The zero-order valence-corrected chi connectivity index (χ0v) is 14.0. The van der Waals surface area contributed by atoms with Crippen molar-refractivity contribution in [1.82, 2.24) is 10.2 Å². The van der Waals surface area contributed by atoms with Crippen LogP contribution >= 0.6 is 0 Å². The fourth-order valence-corrected chi connectivity index (χ4v) is 3.72. The van der Waals surface area contributed by atoms with Crippen LogP contribution in [0, 0.1) is 5.82 Å². The maximum atomic E-state index is 13.8. The van der Waals surface area contributed by atoms with Crippen molar-refractivity contribution in [2.24, 2.45) is 0 Å². The summed E-state index contributed by atoms with van der Waals surface area (Å²) >= 11 is 0. The molecule has 3 rings (SSSR count). The second kappa shape index (κ2) is 7.49. The van der Waals surface area contributed by atoms with Gasteiger partial charge >= 0.3 is 0 Å². The number of para-hydroxylation sites is 1. The average molecular weight is 335 g/mol. The van der Waals surface area contributed by atoms with Crippen molar-refractivity contribution in [3.63, 3.8) is 0 Å². The Balaban J connectivity index is 1.49. The standard InChI is InChI=1S/C18H26FN3O2/c19-15-5-1-2-6-16(15)21-9-11-22(12-10-21)17(24)13-20-18(14-23)7-3-4-8-18/h1-2,5-6,20,23H,3-4,7-14H2. The predicted octanol–water partition coefficient (Wildman–Crippen LogP) is 1.37. The molecule has 5 nitrogen and oxygen atoms in total. The number of piperazine rings is 1. The number of aliphatic hydroxyl groups excluding tert-OH is 1. The number of anilines is 1. The van der Waals surface area contributed by atoms with Gasteiger partial charge in [0.25, 0.3) is 0 Å². The second-order valence-electron chi connectivity index (χ2n) is 6.82. The van der Waals surface area contributed by atoms with Crippen molar-refractivity contribution < 1.29 is 14.3 Å². The van der Waals surface area contributed by atoms with E-state index in [0.29, 0.717) is 31.9 Å². The van der Waals surface area contributed by atoms with Gasteiger partial charge in [-0.1, -0.05) is 25.0 Å². The summed E-state index contributed by atoms with van der Waals surface area (Å²) in [5, 5.41) is 12.9. The molecule has 2 N–H and O–H groups in total. The first kappa shape index (κ1) is 17.2. The monoisotopic (exact) mass is 335 g/mol. The Morgan fingerprint density at radius 2 is 1.83 bits per heavy atom. The first-order chi connectivity index (χ1) is 11.6. The Bertz CT molecular complexity index is 567. The number of hydrogen-bond donors (Lipinski definition) is 2. The number of benzene rings is 1. The minimum atomic E-state index is -0.273. The lowest BCUT2D eigenvalue weighted by Crippen LogP contribution is -2.54. The lowest BCUT2D eigenvalue weighted by Gasteiger charge is -2.37. The molecule has 2 aliphatic rings. The summed E-state index contributed by atoms with van der Waals surface area (Å²) in [6, 6.07) is 6.76. The SMILES string of the molecule is O=C(CNC1(CO)CCCC1)N1CCN(c2ccccc2F)CC1. The Kier molecular flexibility index (Phi) is 5.36. The normalized spacial score (nSPS) is 20.4. The molecule has 0 aromatic heterocycles. The summed E-state index contributed by atoms with van der Waals surface area (Å²) in [5.74, 6) is -0.159. The Labute approximate surface area is 142 Å². The van der Waals surface area contributed by atoms with Crippen LogP contribution in [0.2, 0.25) is 0 Å². The molecule has 132 valence electrons. The highest BCUT2D eigenvalue weighted by Crippen LogP contribution is 2.29. The Morgan fingerprint density at radius 3 is 2.46 bits per heavy atom. The quantitative estimate of drug-likeness (QED) is 0.853. The van der Waals surface area contributed by atoms with Crippen molar-refractivity contribution in [1.29, 1.82) is 0 Å². The van der Waals surface area contributed by atoms with Crippen molar-refractivity contribution in [3.8, 4) is 0 Å². The highest BCUT2D eigenvalue weighted by molar-refractivity contribution is 5.78. The van der Waals surface area contributed by atoms with Crippen LogP contribution in [0.15, 0.2) is 24.3 Å². The number of nitrogens with one attached hydrogen (secondary N) is 1. The van der Waals surface area contributed by atoms with E-state index in [1.807, 2.05) is 15.9 Å². The molecule has 0 radical (unpaired) electrons. The van der Waals surface area contributed by atoms with E-state index in [1.54, 1.807) is 12.1 Å². The van der Waals surface area contributed by atoms with Crippen LogP contribution < -0.4 is 10.2 Å². The van der Waals surface area contributed by atoms with E-state index in [4.69, 9.17) is 0 Å². The maximum absolute atomic E-state index is 13.8. The minimum Gasteiger partial charge on any atom is -0.394 e. The summed E-state index contributed by atoms with van der Waals surface area (Å²) in [6.45, 7) is 2.82. The van der Waals surface area contributed by atoms with Crippen LogP contribution in [0.5, 0.6) is 0 Å². The number of aliphatic hydroxyl groups is 1. The van der Waals surface area contributed by atoms with Crippen molar-refractivity contribution in [3.05, 3.63) is 30.1 Å². The summed E-state index contributed by atoms with van der Waals surface area (Å²) in [7, 11) is 0. The molecule has 1 heterocycles. The van der Waals surface area contributed by atoms with Gasteiger partial charge in [0.2, 0.25) is 5.91 Å². The van der Waals surface area contributed by atoms with E-state index in [0.717, 1.165) is 25.7 Å². The molecule has 0 spiro atoms. The van der Waals surface area contributed by atoms with Gasteiger partial charge in [0.1, 0.15) is 5.82 Å². The summed E-state index contributed by atoms with van der Waals surface area (Å²) in [4.78, 5) is 16.2. The van der Waals surface area contributed by atoms with Gasteiger partial charge in [0.15, 0.2) is 0 Å². The molecule has 0 atom stereocenters. The van der Waals surface area contributed by atoms with Crippen LogP contribution in [0.4, 0.5) is 10.1 Å². The predicted molar refractivity (Wildman–Crippen MR) is 91.5 cm³/mol. The third kappa shape index (κ3) is 3.70. The first-order valence-corrected chi connectivity index (χ1v) is 8.77. The van der Waals surface area contributed by atoms with E-state index >= 15 is 0 Å². The molecular formula is C18H26FN3O2. The molecule has 1 amide bonds. The second-order valence-corrected chi connectivity index (χ2v) is 6.82. The van der Waals surface area contributed by atoms with Gasteiger partial charge in [-0.25, -0.2) is 4.39 Å².